The zero-order valence-electron chi connectivity index (χ0n) is 19.0. The number of rotatable bonds is 7. The van der Waals surface area contributed by atoms with Crippen LogP contribution in [0.4, 0.5) is 16.6 Å². The van der Waals surface area contributed by atoms with Crippen LogP contribution in [0.5, 0.6) is 0 Å². The highest BCUT2D eigenvalue weighted by atomic mass is 16.6. The third kappa shape index (κ3) is 4.52. The van der Waals surface area contributed by atoms with E-state index in [1.165, 1.54) is 10.5 Å². The number of hydrogen-bond acceptors (Lipinski definition) is 7. The molecular weight excluding hydrogens is 408 g/mol. The van der Waals surface area contributed by atoms with Crippen molar-refractivity contribution in [1.29, 1.82) is 0 Å². The van der Waals surface area contributed by atoms with Gasteiger partial charge in [0.2, 0.25) is 11.9 Å². The van der Waals surface area contributed by atoms with E-state index in [2.05, 4.69) is 58.4 Å². The Morgan fingerprint density at radius 2 is 2.03 bits per heavy atom. The van der Waals surface area contributed by atoms with Gasteiger partial charge in [0.1, 0.15) is 12.4 Å². The van der Waals surface area contributed by atoms with Gasteiger partial charge in [-0.05, 0) is 32.0 Å². The minimum Gasteiger partial charge on any atom is -0.444 e. The summed E-state index contributed by atoms with van der Waals surface area (Å²) in [6, 6.07) is 8.90. The van der Waals surface area contributed by atoms with Crippen LogP contribution < -0.4 is 10.2 Å². The van der Waals surface area contributed by atoms with E-state index >= 15 is 0 Å². The number of carbonyl (C=O) groups is 2. The highest BCUT2D eigenvalue weighted by Crippen LogP contribution is 2.26. The van der Waals surface area contributed by atoms with Crippen LogP contribution in [0.2, 0.25) is 0 Å². The van der Waals surface area contributed by atoms with E-state index < -0.39 is 0 Å². The molecule has 0 radical (unpaired) electrons. The van der Waals surface area contributed by atoms with E-state index in [4.69, 9.17) is 4.74 Å². The van der Waals surface area contributed by atoms with Crippen LogP contribution >= 0.6 is 0 Å². The number of hydrogen-bond donors (Lipinski definition) is 1. The molecule has 1 N–H and O–H groups in total. The molecule has 3 heterocycles. The van der Waals surface area contributed by atoms with Crippen molar-refractivity contribution >= 4 is 23.8 Å². The molecule has 2 aliphatic heterocycles. The van der Waals surface area contributed by atoms with E-state index in [9.17, 15) is 9.59 Å². The number of aromatic nitrogens is 2. The van der Waals surface area contributed by atoms with Gasteiger partial charge in [0.15, 0.2) is 0 Å². The van der Waals surface area contributed by atoms with Crippen LogP contribution in [0.15, 0.2) is 30.5 Å². The zero-order valence-corrected chi connectivity index (χ0v) is 19.0. The summed E-state index contributed by atoms with van der Waals surface area (Å²) >= 11 is 0. The van der Waals surface area contributed by atoms with E-state index in [1.54, 1.807) is 13.1 Å². The van der Waals surface area contributed by atoms with E-state index in [0.29, 0.717) is 24.4 Å². The average molecular weight is 439 g/mol. The molecule has 1 atom stereocenters. The molecule has 9 nitrogen and oxygen atoms in total. The first-order valence-corrected chi connectivity index (χ1v) is 11.0. The van der Waals surface area contributed by atoms with Gasteiger partial charge in [-0.1, -0.05) is 24.3 Å². The van der Waals surface area contributed by atoms with Gasteiger partial charge in [-0.15, -0.1) is 0 Å². The first-order chi connectivity index (χ1) is 15.4. The lowest BCUT2D eigenvalue weighted by atomic mass is 10.0. The van der Waals surface area contributed by atoms with Crippen LogP contribution in [0.1, 0.15) is 43.5 Å². The summed E-state index contributed by atoms with van der Waals surface area (Å²) in [6.07, 6.45) is 1.33. The van der Waals surface area contributed by atoms with E-state index in [0.717, 1.165) is 30.8 Å². The fraction of sp³-hybridized carbons (Fsp3) is 0.478. The first kappa shape index (κ1) is 22.0. The number of likely N-dealkylation sites (N-methyl/N-ethyl adjacent to an activating group) is 1. The maximum atomic E-state index is 12.0. The monoisotopic (exact) mass is 438 g/mol. The molecule has 1 aromatic carbocycles. The Balaban J connectivity index is 1.36. The maximum Gasteiger partial charge on any atom is 0.415 e. The Morgan fingerprint density at radius 1 is 1.31 bits per heavy atom. The number of amides is 2. The lowest BCUT2D eigenvalue weighted by Gasteiger charge is -2.43. The second kappa shape index (κ2) is 9.12. The molecule has 170 valence electrons. The Morgan fingerprint density at radius 3 is 2.69 bits per heavy atom. The fourth-order valence-electron chi connectivity index (χ4n) is 3.98. The largest absolute Gasteiger partial charge is 0.444 e. The molecule has 9 heteroatoms. The van der Waals surface area contributed by atoms with Gasteiger partial charge in [-0.3, -0.25) is 14.6 Å². The lowest BCUT2D eigenvalue weighted by molar-refractivity contribution is -0.135. The van der Waals surface area contributed by atoms with Crippen molar-refractivity contribution < 1.29 is 14.3 Å². The number of likely N-dealkylation sites (tertiary alicyclic amines) is 1. The molecule has 0 unspecified atom stereocenters. The molecule has 2 amide bonds. The summed E-state index contributed by atoms with van der Waals surface area (Å²) in [4.78, 5) is 38.0. The predicted octanol–water partition coefficient (Wildman–Crippen LogP) is 2.79. The zero-order chi connectivity index (χ0) is 22.8. The fourth-order valence-corrected chi connectivity index (χ4v) is 3.98. The number of anilines is 2. The van der Waals surface area contributed by atoms with Gasteiger partial charge in [0.25, 0.3) is 0 Å². The van der Waals surface area contributed by atoms with Crippen LogP contribution in [0, 0.1) is 0 Å². The SMILES string of the molecule is CCN1C(=O)OCc2cnc(N[C@@H](C)c3ccc(CN(C)C4CN(C(C)=O)C4)cc3)nc21. The Bertz CT molecular complexity index is 990. The van der Waals surface area contributed by atoms with Crippen molar-refractivity contribution in [3.8, 4) is 0 Å². The maximum absolute atomic E-state index is 12.0. The minimum atomic E-state index is -0.380. The quantitative estimate of drug-likeness (QED) is 0.711. The summed E-state index contributed by atoms with van der Waals surface area (Å²) in [5.41, 5.74) is 3.15. The van der Waals surface area contributed by atoms with Gasteiger partial charge in [-0.2, -0.15) is 4.98 Å². The van der Waals surface area contributed by atoms with Crippen molar-refractivity contribution in [2.24, 2.45) is 0 Å². The summed E-state index contributed by atoms with van der Waals surface area (Å²) < 4.78 is 5.14. The molecule has 0 spiro atoms. The molecule has 4 rings (SSSR count). The number of ether oxygens (including phenoxy) is 1. The normalized spacial score (nSPS) is 17.0. The van der Waals surface area contributed by atoms with Crippen molar-refractivity contribution in [3.63, 3.8) is 0 Å². The van der Waals surface area contributed by atoms with E-state index in [1.807, 2.05) is 11.8 Å². The lowest BCUT2D eigenvalue weighted by Crippen LogP contribution is -2.59. The van der Waals surface area contributed by atoms with Crippen LogP contribution in [0.25, 0.3) is 0 Å². The highest BCUT2D eigenvalue weighted by molar-refractivity contribution is 5.89. The number of fused-ring (bicyclic) bond motifs is 1. The van der Waals surface area contributed by atoms with Gasteiger partial charge in [-0.25, -0.2) is 9.78 Å². The molecule has 1 saturated heterocycles. The summed E-state index contributed by atoms with van der Waals surface area (Å²) in [5, 5.41) is 3.33. The Kier molecular flexibility index (Phi) is 6.27. The third-order valence-corrected chi connectivity index (χ3v) is 6.17. The van der Waals surface area contributed by atoms with Gasteiger partial charge in [0.05, 0.1) is 11.6 Å². The van der Waals surface area contributed by atoms with Crippen LogP contribution in [-0.4, -0.2) is 64.5 Å². The second-order valence-electron chi connectivity index (χ2n) is 8.44. The predicted molar refractivity (Wildman–Crippen MR) is 121 cm³/mol. The average Bonchev–Trinajstić information content (AvgIpc) is 2.72. The smallest absolute Gasteiger partial charge is 0.415 e. The van der Waals surface area contributed by atoms with Crippen molar-refractivity contribution in [3.05, 3.63) is 47.2 Å². The molecular formula is C23H30N6O3. The molecule has 1 fully saturated rings. The summed E-state index contributed by atoms with van der Waals surface area (Å²) in [6.45, 7) is 8.70. The first-order valence-electron chi connectivity index (χ1n) is 11.0. The number of nitrogens with one attached hydrogen (secondary N) is 1. The number of benzene rings is 1. The minimum absolute atomic E-state index is 0.00112. The van der Waals surface area contributed by atoms with Gasteiger partial charge < -0.3 is 15.0 Å². The molecule has 0 aliphatic carbocycles. The third-order valence-electron chi connectivity index (χ3n) is 6.17. The van der Waals surface area contributed by atoms with Crippen molar-refractivity contribution in [2.45, 2.75) is 46.0 Å². The molecule has 1 aromatic heterocycles. The highest BCUT2D eigenvalue weighted by Gasteiger charge is 2.31. The second-order valence-corrected chi connectivity index (χ2v) is 8.44. The number of cyclic esters (lactones) is 1. The van der Waals surface area contributed by atoms with E-state index in [-0.39, 0.29) is 24.6 Å². The topological polar surface area (TPSA) is 90.9 Å². The Labute approximate surface area is 188 Å². The summed E-state index contributed by atoms with van der Waals surface area (Å²) in [5.74, 6) is 1.23. The van der Waals surface area contributed by atoms with Crippen LogP contribution in [-0.2, 0) is 22.7 Å². The van der Waals surface area contributed by atoms with Crippen molar-refractivity contribution in [1.82, 2.24) is 19.8 Å². The standard InChI is InChI=1S/C23H30N6O3/c1-5-29-21-19(14-32-23(29)31)10-24-22(26-21)25-15(2)18-8-6-17(7-9-18)11-27(4)20-12-28(13-20)16(3)30/h6-10,15,20H,5,11-14H2,1-4H3,(H,24,25,26)/t15-/m0/s1. The molecule has 0 bridgehead atoms. The number of carbonyl (C=O) groups excluding carboxylic acids is 2. The summed E-state index contributed by atoms with van der Waals surface area (Å²) in [7, 11) is 2.10. The van der Waals surface area contributed by atoms with Gasteiger partial charge in [0, 0.05) is 45.3 Å². The molecule has 2 aliphatic rings. The van der Waals surface area contributed by atoms with Crippen molar-refractivity contribution in [2.75, 3.05) is 36.9 Å². The number of nitrogens with zero attached hydrogens (tertiary/aromatic N) is 5. The molecule has 0 saturated carbocycles. The van der Waals surface area contributed by atoms with Crippen LogP contribution in [0.3, 0.4) is 0 Å². The van der Waals surface area contributed by atoms with Gasteiger partial charge >= 0.3 is 6.09 Å². The molecule has 32 heavy (non-hydrogen) atoms. The Hall–Kier alpha value is -3.20. The molecule has 2 aromatic rings.